The highest BCUT2D eigenvalue weighted by Crippen LogP contribution is 2.58. The lowest BCUT2D eigenvalue weighted by atomic mass is 9.82. The number of ether oxygens (including phenoxy) is 8. The van der Waals surface area contributed by atoms with Gasteiger partial charge >= 0.3 is 29.8 Å². The first kappa shape index (κ1) is 59.0. The van der Waals surface area contributed by atoms with Crippen molar-refractivity contribution in [2.45, 2.75) is 106 Å². The van der Waals surface area contributed by atoms with E-state index in [4.69, 9.17) is 33.5 Å². The quantitative estimate of drug-likeness (QED) is 0.0462. The maximum atomic E-state index is 11.1. The molecule has 61 heavy (non-hydrogen) atoms. The Balaban J connectivity index is 0. The Labute approximate surface area is 366 Å². The van der Waals surface area contributed by atoms with Gasteiger partial charge in [-0.25, -0.2) is 24.0 Å². The first-order valence-corrected chi connectivity index (χ1v) is 21.2. The van der Waals surface area contributed by atoms with E-state index < -0.39 is 28.9 Å². The second kappa shape index (κ2) is 34.5. The molecule has 3 rings (SSSR count). The number of hydrogen-bond acceptors (Lipinski definition) is 14. The van der Waals surface area contributed by atoms with Crippen LogP contribution in [0.25, 0.3) is 0 Å². The molecule has 0 radical (unpaired) electrons. The summed E-state index contributed by atoms with van der Waals surface area (Å²) in [6.45, 7) is 33.3. The standard InChI is InChI=1S/C21H32O9.C10H16.2C6H10O2.C4H10O/c1-5-18(22)28-12-9-25-15-21(8-4,16-26-10-13-29-19(23)6-2)17-27-11-14-30-20(24)7-3;1-2-9-7-4-5-8(6-7)10(9)3-1;2*1-4-8-6(7)5(2)3;1-4(2,3)5/h5-7H,1-3,8-17H2,4H3;7-10H,1-6H2;2*2,4H2,1,3H3;5H,1-3H3. The molecule has 0 aromatic rings. The summed E-state index contributed by atoms with van der Waals surface area (Å²) in [5.41, 5.74) is -0.0911. The summed E-state index contributed by atoms with van der Waals surface area (Å²) in [6.07, 6.45) is 13.4. The van der Waals surface area contributed by atoms with E-state index in [0.717, 1.165) is 18.2 Å². The summed E-state index contributed by atoms with van der Waals surface area (Å²) in [4.78, 5) is 54.0. The van der Waals surface area contributed by atoms with E-state index in [2.05, 4.69) is 42.4 Å². The predicted molar refractivity (Wildman–Crippen MR) is 235 cm³/mol. The van der Waals surface area contributed by atoms with Crippen LogP contribution >= 0.6 is 0 Å². The maximum Gasteiger partial charge on any atom is 0.333 e. The van der Waals surface area contributed by atoms with Gasteiger partial charge in [0, 0.05) is 34.8 Å². The monoisotopic (exact) mass is 867 g/mol. The largest absolute Gasteiger partial charge is 0.463 e. The number of carbonyl (C=O) groups is 5. The van der Waals surface area contributed by atoms with Gasteiger partial charge in [0.2, 0.25) is 0 Å². The van der Waals surface area contributed by atoms with Gasteiger partial charge in [0.1, 0.15) is 19.8 Å². The number of hydrogen-bond donors (Lipinski definition) is 1. The molecule has 14 heteroatoms. The van der Waals surface area contributed by atoms with Crippen LogP contribution in [0.5, 0.6) is 0 Å². The fraction of sp³-hybridized carbons (Fsp3) is 0.681. The van der Waals surface area contributed by atoms with E-state index >= 15 is 0 Å². The molecule has 0 aromatic heterocycles. The van der Waals surface area contributed by atoms with Crippen molar-refractivity contribution >= 4 is 29.8 Å². The Bertz CT molecular complexity index is 1220. The van der Waals surface area contributed by atoms with Gasteiger partial charge < -0.3 is 43.0 Å². The van der Waals surface area contributed by atoms with E-state index in [1.807, 2.05) is 6.92 Å². The second-order valence-electron chi connectivity index (χ2n) is 15.9. The van der Waals surface area contributed by atoms with Crippen LogP contribution < -0.4 is 0 Å². The van der Waals surface area contributed by atoms with Crippen LogP contribution in [-0.4, -0.2) is 113 Å². The average Bonchev–Trinajstić information content (AvgIpc) is 3.98. The lowest BCUT2D eigenvalue weighted by molar-refractivity contribution is -0.142. The van der Waals surface area contributed by atoms with Crippen molar-refractivity contribution in [3.05, 3.63) is 62.3 Å². The minimum atomic E-state index is -0.518. The number of aliphatic hydroxyl groups is 1. The molecule has 0 saturated heterocycles. The number of fused-ring (bicyclic) bond motifs is 5. The van der Waals surface area contributed by atoms with Gasteiger partial charge in [0.25, 0.3) is 0 Å². The number of rotatable bonds is 23. The van der Waals surface area contributed by atoms with Crippen LogP contribution in [-0.2, 0) is 61.9 Å². The molecule has 3 saturated carbocycles. The van der Waals surface area contributed by atoms with Crippen molar-refractivity contribution in [3.63, 3.8) is 0 Å². The van der Waals surface area contributed by atoms with Crippen molar-refractivity contribution in [3.8, 4) is 0 Å². The molecule has 0 aliphatic heterocycles. The molecule has 2 bridgehead atoms. The van der Waals surface area contributed by atoms with E-state index in [1.165, 1.54) is 23.7 Å². The fourth-order valence-corrected chi connectivity index (χ4v) is 6.60. The Kier molecular flexibility index (Phi) is 33.3. The predicted octanol–water partition coefficient (Wildman–Crippen LogP) is 7.48. The molecule has 3 aliphatic carbocycles. The van der Waals surface area contributed by atoms with Crippen molar-refractivity contribution in [2.75, 3.05) is 72.7 Å². The van der Waals surface area contributed by atoms with Crippen LogP contribution in [0.1, 0.15) is 100 Å². The van der Waals surface area contributed by atoms with E-state index in [1.54, 1.807) is 87.0 Å². The molecule has 0 heterocycles. The van der Waals surface area contributed by atoms with Crippen LogP contribution in [0.4, 0.5) is 0 Å². The van der Waals surface area contributed by atoms with Crippen LogP contribution in [0.15, 0.2) is 62.3 Å². The van der Waals surface area contributed by atoms with Crippen molar-refractivity contribution < 1.29 is 67.0 Å². The lowest BCUT2D eigenvalue weighted by Crippen LogP contribution is -2.38. The van der Waals surface area contributed by atoms with Gasteiger partial charge in [-0.1, -0.05) is 46.2 Å². The minimum absolute atomic E-state index is 0.0986. The number of esters is 5. The highest BCUT2D eigenvalue weighted by atomic mass is 16.6. The molecule has 3 fully saturated rings. The van der Waals surface area contributed by atoms with Crippen LogP contribution in [0.2, 0.25) is 0 Å². The molecular formula is C47H78O14. The molecule has 0 spiro atoms. The third kappa shape index (κ3) is 30.6. The maximum absolute atomic E-state index is 11.1. The fourth-order valence-electron chi connectivity index (χ4n) is 6.60. The van der Waals surface area contributed by atoms with Crippen LogP contribution in [0, 0.1) is 29.1 Å². The van der Waals surface area contributed by atoms with E-state index in [0.29, 0.717) is 30.8 Å². The Morgan fingerprint density at radius 2 is 0.885 bits per heavy atom. The molecule has 14 nitrogen and oxygen atoms in total. The van der Waals surface area contributed by atoms with Gasteiger partial charge in [-0.15, -0.1) is 0 Å². The summed E-state index contributed by atoms with van der Waals surface area (Å²) in [6, 6.07) is 0. The molecule has 1 N–H and O–H groups in total. The van der Waals surface area contributed by atoms with Gasteiger partial charge in [0.05, 0.1) is 58.5 Å². The molecule has 4 atom stereocenters. The summed E-state index contributed by atoms with van der Waals surface area (Å²) in [5, 5.41) is 8.52. The van der Waals surface area contributed by atoms with Crippen LogP contribution in [0.3, 0.4) is 0 Å². The highest BCUT2D eigenvalue weighted by Gasteiger charge is 2.48. The smallest absolute Gasteiger partial charge is 0.333 e. The first-order chi connectivity index (χ1) is 28.7. The molecule has 3 aliphatic rings. The van der Waals surface area contributed by atoms with E-state index in [9.17, 15) is 24.0 Å². The van der Waals surface area contributed by atoms with E-state index in [-0.39, 0.29) is 71.4 Å². The van der Waals surface area contributed by atoms with Gasteiger partial charge in [-0.3, -0.25) is 0 Å². The zero-order valence-electron chi connectivity index (χ0n) is 38.6. The second-order valence-corrected chi connectivity index (χ2v) is 15.9. The molecule has 4 unspecified atom stereocenters. The first-order valence-electron chi connectivity index (χ1n) is 21.2. The number of carbonyl (C=O) groups excluding carboxylic acids is 5. The zero-order chi connectivity index (χ0) is 46.9. The zero-order valence-corrected chi connectivity index (χ0v) is 38.6. The van der Waals surface area contributed by atoms with Gasteiger partial charge in [-0.2, -0.15) is 0 Å². The molecular weight excluding hydrogens is 789 g/mol. The molecule has 0 aromatic carbocycles. The third-order valence-electron chi connectivity index (χ3n) is 9.49. The summed E-state index contributed by atoms with van der Waals surface area (Å²) < 4.78 is 40.7. The van der Waals surface area contributed by atoms with Crippen molar-refractivity contribution in [1.82, 2.24) is 0 Å². The minimum Gasteiger partial charge on any atom is -0.463 e. The van der Waals surface area contributed by atoms with Gasteiger partial charge in [-0.05, 0) is 111 Å². The SMILES string of the molecule is C1CC2C3CCC(C3)C2C1.C=C(C)C(=O)OCC.C=C(C)C(=O)OCC.C=CC(=O)OCCOCC(CC)(COCCOC(=O)C=C)COCCOC(=O)C=C.CC(C)(C)O. The van der Waals surface area contributed by atoms with Gasteiger partial charge in [0.15, 0.2) is 0 Å². The summed E-state index contributed by atoms with van der Waals surface area (Å²) >= 11 is 0. The molecule has 350 valence electrons. The van der Waals surface area contributed by atoms with Crippen molar-refractivity contribution in [2.24, 2.45) is 29.1 Å². The average molecular weight is 867 g/mol. The Hall–Kier alpha value is -4.11. The normalized spacial score (nSPS) is 17.9. The molecule has 0 amide bonds. The Morgan fingerprint density at radius 1 is 0.574 bits per heavy atom. The highest BCUT2D eigenvalue weighted by molar-refractivity contribution is 5.87. The topological polar surface area (TPSA) is 179 Å². The third-order valence-corrected chi connectivity index (χ3v) is 9.49. The van der Waals surface area contributed by atoms with Crippen molar-refractivity contribution in [1.29, 1.82) is 0 Å². The lowest BCUT2D eigenvalue weighted by Gasteiger charge is -2.32. The summed E-state index contributed by atoms with van der Waals surface area (Å²) in [5.74, 6) is 2.62. The Morgan fingerprint density at radius 3 is 1.11 bits per heavy atom. The summed E-state index contributed by atoms with van der Waals surface area (Å²) in [7, 11) is 0.